The lowest BCUT2D eigenvalue weighted by molar-refractivity contribution is -0.0461. The number of H-pyrrole nitrogens is 1. The molecule has 3 rings (SSSR count). The molecule has 1 aliphatic rings. The number of rotatable bonds is 7. The highest BCUT2D eigenvalue weighted by Crippen LogP contribution is 2.27. The number of nitrogens with one attached hydrogen (secondary N) is 1. The molecule has 28 heavy (non-hydrogen) atoms. The summed E-state index contributed by atoms with van der Waals surface area (Å²) in [5.74, 6) is 0.357. The van der Waals surface area contributed by atoms with Gasteiger partial charge in [-0.05, 0) is 17.0 Å². The fourth-order valence-electron chi connectivity index (χ4n) is 3.39. The molecule has 8 nitrogen and oxygen atoms in total. The van der Waals surface area contributed by atoms with Crippen LogP contribution in [0.25, 0.3) is 0 Å². The third-order valence-electron chi connectivity index (χ3n) is 4.93. The lowest BCUT2D eigenvalue weighted by Gasteiger charge is -2.16. The highest BCUT2D eigenvalue weighted by molar-refractivity contribution is 5.29. The van der Waals surface area contributed by atoms with Gasteiger partial charge in [-0.25, -0.2) is 4.79 Å². The van der Waals surface area contributed by atoms with Crippen molar-refractivity contribution in [3.8, 4) is 0 Å². The molecule has 3 N–H and O–H groups in total. The van der Waals surface area contributed by atoms with Crippen molar-refractivity contribution < 1.29 is 19.7 Å². The standard InChI is InChI=1S/C20H26N2O6/c1-12(2)15-6-4-3-5-13(15)10-27-11-14-8-22(20(26)21-19(14)25)18-7-16(24)17(9-23)28-18/h3-6,8,12,16-18,23-24H,7,9-11H2,1-2H3,(H,21,25,26)/t16?,17-,18-/m1/s1. The predicted molar refractivity (Wildman–Crippen MR) is 102 cm³/mol. The predicted octanol–water partition coefficient (Wildman–Crippen LogP) is 1.02. The molecule has 1 saturated heterocycles. The molecule has 2 heterocycles. The monoisotopic (exact) mass is 390 g/mol. The topological polar surface area (TPSA) is 114 Å². The van der Waals surface area contributed by atoms with Gasteiger partial charge in [-0.3, -0.25) is 14.3 Å². The maximum Gasteiger partial charge on any atom is 0.330 e. The molecule has 0 aliphatic carbocycles. The third-order valence-corrected chi connectivity index (χ3v) is 4.93. The van der Waals surface area contributed by atoms with Gasteiger partial charge in [0.15, 0.2) is 0 Å². The van der Waals surface area contributed by atoms with E-state index in [0.717, 1.165) is 5.56 Å². The molecule has 1 unspecified atom stereocenters. The molecule has 1 aromatic carbocycles. The summed E-state index contributed by atoms with van der Waals surface area (Å²) in [5, 5.41) is 19.1. The summed E-state index contributed by atoms with van der Waals surface area (Å²) in [4.78, 5) is 26.5. The minimum Gasteiger partial charge on any atom is -0.394 e. The number of hydrogen-bond acceptors (Lipinski definition) is 6. The average Bonchev–Trinajstić information content (AvgIpc) is 3.04. The first-order chi connectivity index (χ1) is 13.4. The van der Waals surface area contributed by atoms with E-state index in [1.54, 1.807) is 0 Å². The Morgan fingerprint density at radius 2 is 1.96 bits per heavy atom. The zero-order valence-corrected chi connectivity index (χ0v) is 16.0. The fraction of sp³-hybridized carbons (Fsp3) is 0.500. The van der Waals surface area contributed by atoms with Crippen molar-refractivity contribution in [2.24, 2.45) is 0 Å². The number of aliphatic hydroxyl groups is 2. The molecule has 1 aromatic heterocycles. The van der Waals surface area contributed by atoms with Crippen molar-refractivity contribution in [3.63, 3.8) is 0 Å². The minimum absolute atomic E-state index is 0.0285. The smallest absolute Gasteiger partial charge is 0.330 e. The van der Waals surface area contributed by atoms with Crippen LogP contribution < -0.4 is 11.2 Å². The van der Waals surface area contributed by atoms with Crippen molar-refractivity contribution >= 4 is 0 Å². The lowest BCUT2D eigenvalue weighted by atomic mass is 9.98. The largest absolute Gasteiger partial charge is 0.394 e. The van der Waals surface area contributed by atoms with Crippen molar-refractivity contribution in [2.75, 3.05) is 6.61 Å². The SMILES string of the molecule is CC(C)c1ccccc1COCc1cn([C@H]2CC(O)[C@@H](CO)O2)c(=O)[nH]c1=O. The Morgan fingerprint density at radius 3 is 2.64 bits per heavy atom. The highest BCUT2D eigenvalue weighted by atomic mass is 16.5. The Labute approximate surface area is 162 Å². The number of aromatic nitrogens is 2. The fourth-order valence-corrected chi connectivity index (χ4v) is 3.39. The summed E-state index contributed by atoms with van der Waals surface area (Å²) in [7, 11) is 0. The van der Waals surface area contributed by atoms with Gasteiger partial charge < -0.3 is 19.7 Å². The minimum atomic E-state index is -0.874. The number of aromatic amines is 1. The third kappa shape index (κ3) is 4.41. The summed E-state index contributed by atoms with van der Waals surface area (Å²) in [5.41, 5.74) is 1.37. The second-order valence-corrected chi connectivity index (χ2v) is 7.28. The molecule has 0 spiro atoms. The summed E-state index contributed by atoms with van der Waals surface area (Å²) in [6.07, 6.45) is -0.833. The van der Waals surface area contributed by atoms with E-state index in [2.05, 4.69) is 24.9 Å². The first kappa shape index (κ1) is 20.5. The van der Waals surface area contributed by atoms with E-state index in [-0.39, 0.29) is 25.2 Å². The van der Waals surface area contributed by atoms with Crippen molar-refractivity contribution in [2.45, 2.75) is 57.8 Å². The molecular formula is C20H26N2O6. The van der Waals surface area contributed by atoms with E-state index in [1.807, 2.05) is 18.2 Å². The number of hydrogen-bond donors (Lipinski definition) is 3. The average molecular weight is 390 g/mol. The van der Waals surface area contributed by atoms with Gasteiger partial charge in [0.05, 0.1) is 31.5 Å². The number of ether oxygens (including phenoxy) is 2. The van der Waals surface area contributed by atoms with Gasteiger partial charge in [0, 0.05) is 12.6 Å². The van der Waals surface area contributed by atoms with Gasteiger partial charge in [-0.15, -0.1) is 0 Å². The Balaban J connectivity index is 1.73. The Bertz CT molecular complexity index is 919. The van der Waals surface area contributed by atoms with Crippen LogP contribution in [-0.2, 0) is 22.7 Å². The summed E-state index contributed by atoms with van der Waals surface area (Å²) in [6, 6.07) is 7.97. The zero-order valence-electron chi connectivity index (χ0n) is 16.0. The molecule has 0 saturated carbocycles. The van der Waals surface area contributed by atoms with Crippen LogP contribution in [0.2, 0.25) is 0 Å². The van der Waals surface area contributed by atoms with E-state index >= 15 is 0 Å². The normalized spacial score (nSPS) is 22.1. The van der Waals surface area contributed by atoms with E-state index in [9.17, 15) is 19.8 Å². The van der Waals surface area contributed by atoms with Crippen LogP contribution in [0, 0.1) is 0 Å². The van der Waals surface area contributed by atoms with Crippen LogP contribution in [0.3, 0.4) is 0 Å². The molecule has 8 heteroatoms. The van der Waals surface area contributed by atoms with E-state index in [1.165, 1.54) is 16.3 Å². The maximum atomic E-state index is 12.1. The summed E-state index contributed by atoms with van der Waals surface area (Å²) in [6.45, 7) is 4.24. The van der Waals surface area contributed by atoms with Crippen LogP contribution in [0.5, 0.6) is 0 Å². The second kappa shape index (κ2) is 8.83. The van der Waals surface area contributed by atoms with Crippen molar-refractivity contribution in [1.82, 2.24) is 9.55 Å². The van der Waals surface area contributed by atoms with Gasteiger partial charge in [-0.1, -0.05) is 38.1 Å². The summed E-state index contributed by atoms with van der Waals surface area (Å²) < 4.78 is 12.5. The summed E-state index contributed by atoms with van der Waals surface area (Å²) >= 11 is 0. The first-order valence-corrected chi connectivity index (χ1v) is 9.35. The van der Waals surface area contributed by atoms with Gasteiger partial charge in [-0.2, -0.15) is 0 Å². The Hall–Kier alpha value is -2.26. The van der Waals surface area contributed by atoms with Gasteiger partial charge in [0.2, 0.25) is 0 Å². The molecule has 0 bridgehead atoms. The molecule has 1 aliphatic heterocycles. The molecular weight excluding hydrogens is 364 g/mol. The Kier molecular flexibility index (Phi) is 6.46. The van der Waals surface area contributed by atoms with Crippen LogP contribution in [0.15, 0.2) is 40.1 Å². The maximum absolute atomic E-state index is 12.1. The second-order valence-electron chi connectivity index (χ2n) is 7.28. The van der Waals surface area contributed by atoms with Crippen LogP contribution in [0.1, 0.15) is 49.1 Å². The van der Waals surface area contributed by atoms with Crippen LogP contribution >= 0.6 is 0 Å². The van der Waals surface area contributed by atoms with E-state index in [4.69, 9.17) is 9.47 Å². The van der Waals surface area contributed by atoms with Gasteiger partial charge in [0.25, 0.3) is 5.56 Å². The molecule has 0 radical (unpaired) electrons. The zero-order chi connectivity index (χ0) is 20.3. The lowest BCUT2D eigenvalue weighted by Crippen LogP contribution is -2.34. The number of nitrogens with zero attached hydrogens (tertiary/aromatic N) is 1. The molecule has 0 amide bonds. The highest BCUT2D eigenvalue weighted by Gasteiger charge is 2.35. The van der Waals surface area contributed by atoms with Gasteiger partial charge >= 0.3 is 5.69 Å². The quantitative estimate of drug-likeness (QED) is 0.650. The first-order valence-electron chi connectivity index (χ1n) is 9.35. The van der Waals surface area contributed by atoms with Gasteiger partial charge in [0.1, 0.15) is 12.3 Å². The molecule has 2 aromatic rings. The number of aliphatic hydroxyl groups excluding tert-OH is 2. The van der Waals surface area contributed by atoms with Crippen LogP contribution in [0.4, 0.5) is 0 Å². The van der Waals surface area contributed by atoms with Crippen molar-refractivity contribution in [3.05, 3.63) is 68.0 Å². The van der Waals surface area contributed by atoms with Crippen molar-refractivity contribution in [1.29, 1.82) is 0 Å². The van der Waals surface area contributed by atoms with E-state index in [0.29, 0.717) is 12.5 Å². The van der Waals surface area contributed by atoms with E-state index < -0.39 is 29.7 Å². The molecule has 152 valence electrons. The van der Waals surface area contributed by atoms with Crippen LogP contribution in [-0.4, -0.2) is 38.6 Å². The Morgan fingerprint density at radius 1 is 1.25 bits per heavy atom. The number of benzene rings is 1. The molecule has 1 fully saturated rings. The molecule has 3 atom stereocenters.